The Morgan fingerprint density at radius 3 is 2.22 bits per heavy atom. The highest BCUT2D eigenvalue weighted by atomic mass is 35.5. The quantitative estimate of drug-likeness (QED) is 0.891. The minimum atomic E-state index is -1.51. The van der Waals surface area contributed by atoms with Crippen molar-refractivity contribution < 1.29 is 15.0 Å². The van der Waals surface area contributed by atoms with Gasteiger partial charge in [-0.05, 0) is 30.5 Å². The summed E-state index contributed by atoms with van der Waals surface area (Å²) in [5.74, 6) is -2.18. The summed E-state index contributed by atoms with van der Waals surface area (Å²) in [7, 11) is 0. The number of hydrogen-bond donors (Lipinski definition) is 2. The molecule has 0 aliphatic carbocycles. The molecule has 2 N–H and O–H groups in total. The number of aliphatic carboxylic acids is 1. The van der Waals surface area contributed by atoms with Crippen LogP contribution in [0.15, 0.2) is 18.2 Å². The van der Waals surface area contributed by atoms with Gasteiger partial charge < -0.3 is 10.2 Å². The van der Waals surface area contributed by atoms with Gasteiger partial charge in [0.15, 0.2) is 0 Å². The number of benzene rings is 1. The number of halogens is 2. The summed E-state index contributed by atoms with van der Waals surface area (Å²) in [5.41, 5.74) is -1.06. The van der Waals surface area contributed by atoms with Crippen molar-refractivity contribution in [2.75, 3.05) is 0 Å². The van der Waals surface area contributed by atoms with Crippen LogP contribution in [0.3, 0.4) is 0 Å². The minimum Gasteiger partial charge on any atom is -0.481 e. The summed E-state index contributed by atoms with van der Waals surface area (Å²) >= 11 is 11.7. The molecule has 0 radical (unpaired) electrons. The van der Waals surface area contributed by atoms with Gasteiger partial charge in [-0.15, -0.1) is 0 Å². The van der Waals surface area contributed by atoms with E-state index in [0.29, 0.717) is 15.6 Å². The topological polar surface area (TPSA) is 57.5 Å². The highest BCUT2D eigenvalue weighted by Crippen LogP contribution is 2.36. The lowest BCUT2D eigenvalue weighted by atomic mass is 9.76. The van der Waals surface area contributed by atoms with Crippen LogP contribution in [0, 0.1) is 11.8 Å². The molecule has 2 unspecified atom stereocenters. The van der Waals surface area contributed by atoms with Crippen LogP contribution in [-0.4, -0.2) is 16.2 Å². The molecular weight excluding hydrogens is 275 g/mol. The molecule has 5 heteroatoms. The van der Waals surface area contributed by atoms with E-state index in [9.17, 15) is 15.0 Å². The SMILES string of the molecule is CC(C)C(C(=O)O)C(C)(O)c1ccc(Cl)c(Cl)c1. The number of carboxylic acids is 1. The van der Waals surface area contributed by atoms with E-state index in [1.54, 1.807) is 26.0 Å². The van der Waals surface area contributed by atoms with E-state index in [1.165, 1.54) is 13.0 Å². The van der Waals surface area contributed by atoms with Crippen LogP contribution in [0.5, 0.6) is 0 Å². The largest absolute Gasteiger partial charge is 0.481 e. The van der Waals surface area contributed by atoms with Crippen molar-refractivity contribution in [3.63, 3.8) is 0 Å². The van der Waals surface area contributed by atoms with E-state index in [4.69, 9.17) is 23.2 Å². The fourth-order valence-corrected chi connectivity index (χ4v) is 2.46. The zero-order chi connectivity index (χ0) is 14.1. The average molecular weight is 291 g/mol. The Kier molecular flexibility index (Phi) is 4.65. The molecule has 0 bridgehead atoms. The molecule has 0 heterocycles. The van der Waals surface area contributed by atoms with Crippen LogP contribution in [-0.2, 0) is 10.4 Å². The lowest BCUT2D eigenvalue weighted by Gasteiger charge is -2.33. The summed E-state index contributed by atoms with van der Waals surface area (Å²) < 4.78 is 0. The van der Waals surface area contributed by atoms with Crippen LogP contribution in [0.1, 0.15) is 26.3 Å². The Bertz CT molecular complexity index is 456. The first-order valence-corrected chi connectivity index (χ1v) is 6.34. The van der Waals surface area contributed by atoms with Gasteiger partial charge in [0.25, 0.3) is 0 Å². The predicted octanol–water partition coefficient (Wildman–Crippen LogP) is 3.56. The van der Waals surface area contributed by atoms with E-state index in [2.05, 4.69) is 0 Å². The molecule has 0 saturated heterocycles. The normalized spacial score (nSPS) is 16.4. The molecule has 100 valence electrons. The number of carbonyl (C=O) groups is 1. The third-order valence-corrected chi connectivity index (χ3v) is 3.78. The van der Waals surface area contributed by atoms with Gasteiger partial charge in [-0.1, -0.05) is 43.1 Å². The van der Waals surface area contributed by atoms with Crippen molar-refractivity contribution in [1.82, 2.24) is 0 Å². The summed E-state index contributed by atoms with van der Waals surface area (Å²) in [6, 6.07) is 4.64. The Balaban J connectivity index is 3.25. The molecule has 0 aliphatic rings. The maximum atomic E-state index is 11.3. The second-order valence-corrected chi connectivity index (χ2v) is 5.65. The maximum absolute atomic E-state index is 11.3. The van der Waals surface area contributed by atoms with E-state index in [1.807, 2.05) is 0 Å². The van der Waals surface area contributed by atoms with Crippen LogP contribution < -0.4 is 0 Å². The molecule has 0 saturated carbocycles. The molecule has 0 aliphatic heterocycles. The van der Waals surface area contributed by atoms with Gasteiger partial charge in [0.05, 0.1) is 16.0 Å². The number of aliphatic hydroxyl groups is 1. The smallest absolute Gasteiger partial charge is 0.310 e. The minimum absolute atomic E-state index is 0.216. The van der Waals surface area contributed by atoms with Crippen molar-refractivity contribution in [1.29, 1.82) is 0 Å². The summed E-state index contributed by atoms with van der Waals surface area (Å²) in [4.78, 5) is 11.3. The van der Waals surface area contributed by atoms with Crippen LogP contribution in [0.2, 0.25) is 10.0 Å². The van der Waals surface area contributed by atoms with Crippen molar-refractivity contribution in [3.05, 3.63) is 33.8 Å². The van der Waals surface area contributed by atoms with Gasteiger partial charge in [0, 0.05) is 0 Å². The zero-order valence-corrected chi connectivity index (χ0v) is 12.0. The van der Waals surface area contributed by atoms with Crippen LogP contribution in [0.4, 0.5) is 0 Å². The molecular formula is C13H16Cl2O3. The van der Waals surface area contributed by atoms with Gasteiger partial charge >= 0.3 is 5.97 Å². The third kappa shape index (κ3) is 2.97. The Morgan fingerprint density at radius 2 is 1.83 bits per heavy atom. The van der Waals surface area contributed by atoms with E-state index in [-0.39, 0.29) is 5.92 Å². The van der Waals surface area contributed by atoms with Crippen molar-refractivity contribution in [2.24, 2.45) is 11.8 Å². The Morgan fingerprint density at radius 1 is 1.28 bits per heavy atom. The number of rotatable bonds is 4. The van der Waals surface area contributed by atoms with Crippen molar-refractivity contribution >= 4 is 29.2 Å². The first-order chi connectivity index (χ1) is 8.17. The molecule has 1 rings (SSSR count). The standard InChI is InChI=1S/C13H16Cl2O3/c1-7(2)11(12(16)17)13(3,18)8-4-5-9(14)10(15)6-8/h4-7,11,18H,1-3H3,(H,16,17). The average Bonchev–Trinajstić information content (AvgIpc) is 2.19. The predicted molar refractivity (Wildman–Crippen MR) is 72.0 cm³/mol. The summed E-state index contributed by atoms with van der Waals surface area (Å²) in [5, 5.41) is 20.4. The highest BCUT2D eigenvalue weighted by Gasteiger charge is 2.41. The lowest BCUT2D eigenvalue weighted by Crippen LogP contribution is -2.40. The molecule has 1 aromatic rings. The van der Waals surface area contributed by atoms with Crippen molar-refractivity contribution in [3.8, 4) is 0 Å². The maximum Gasteiger partial charge on any atom is 0.310 e. The molecule has 0 aromatic heterocycles. The molecule has 3 nitrogen and oxygen atoms in total. The molecule has 18 heavy (non-hydrogen) atoms. The first-order valence-electron chi connectivity index (χ1n) is 5.58. The zero-order valence-electron chi connectivity index (χ0n) is 10.4. The second-order valence-electron chi connectivity index (χ2n) is 4.84. The van der Waals surface area contributed by atoms with Gasteiger partial charge in [-0.2, -0.15) is 0 Å². The van der Waals surface area contributed by atoms with Crippen molar-refractivity contribution in [2.45, 2.75) is 26.4 Å². The molecule has 0 spiro atoms. The van der Waals surface area contributed by atoms with Gasteiger partial charge in [0.2, 0.25) is 0 Å². The third-order valence-electron chi connectivity index (χ3n) is 3.04. The summed E-state index contributed by atoms with van der Waals surface area (Å²) in [6.07, 6.45) is 0. The van der Waals surface area contributed by atoms with E-state index in [0.717, 1.165) is 0 Å². The van der Waals surface area contributed by atoms with Gasteiger partial charge in [-0.3, -0.25) is 4.79 Å². The fraction of sp³-hybridized carbons (Fsp3) is 0.462. The lowest BCUT2D eigenvalue weighted by molar-refractivity contribution is -0.155. The monoisotopic (exact) mass is 290 g/mol. The number of carboxylic acid groups (broad SMARTS) is 1. The highest BCUT2D eigenvalue weighted by molar-refractivity contribution is 6.42. The second kappa shape index (κ2) is 5.47. The fourth-order valence-electron chi connectivity index (χ4n) is 2.17. The number of hydrogen-bond acceptors (Lipinski definition) is 2. The van der Waals surface area contributed by atoms with Crippen LogP contribution >= 0.6 is 23.2 Å². The van der Waals surface area contributed by atoms with E-state index >= 15 is 0 Å². The molecule has 0 fully saturated rings. The summed E-state index contributed by atoms with van der Waals surface area (Å²) in [6.45, 7) is 4.99. The van der Waals surface area contributed by atoms with Crippen LogP contribution in [0.25, 0.3) is 0 Å². The molecule has 2 atom stereocenters. The first kappa shape index (κ1) is 15.3. The van der Waals surface area contributed by atoms with E-state index < -0.39 is 17.5 Å². The molecule has 1 aromatic carbocycles. The molecule has 0 amide bonds. The Labute approximate surface area is 116 Å². The van der Waals surface area contributed by atoms with Gasteiger partial charge in [-0.25, -0.2) is 0 Å². The van der Waals surface area contributed by atoms with Gasteiger partial charge in [0.1, 0.15) is 5.60 Å². The Hall–Kier alpha value is -0.770.